The van der Waals surface area contributed by atoms with Crippen LogP contribution in [-0.2, 0) is 9.53 Å². The molecule has 0 fully saturated rings. The number of pyridine rings is 1. The van der Waals surface area contributed by atoms with Gasteiger partial charge in [0.15, 0.2) is 6.61 Å². The van der Waals surface area contributed by atoms with E-state index in [9.17, 15) is 14.4 Å². The van der Waals surface area contributed by atoms with Crippen LogP contribution in [0.5, 0.6) is 0 Å². The third-order valence-electron chi connectivity index (χ3n) is 2.87. The summed E-state index contributed by atoms with van der Waals surface area (Å²) in [5.41, 5.74) is 5.10. The maximum atomic E-state index is 11.9. The van der Waals surface area contributed by atoms with E-state index < -0.39 is 24.4 Å². The minimum atomic E-state index is -0.656. The molecule has 0 aliphatic carbocycles. The number of hydrogen-bond donors (Lipinski definition) is 2. The van der Waals surface area contributed by atoms with E-state index in [0.717, 1.165) is 0 Å². The molecule has 2 rings (SSSR count). The van der Waals surface area contributed by atoms with Crippen LogP contribution in [0.3, 0.4) is 0 Å². The summed E-state index contributed by atoms with van der Waals surface area (Å²) in [7, 11) is 0. The Hall–Kier alpha value is -2.87. The van der Waals surface area contributed by atoms with Crippen LogP contribution in [0.2, 0.25) is 0 Å². The van der Waals surface area contributed by atoms with Crippen LogP contribution < -0.4 is 10.9 Å². The summed E-state index contributed by atoms with van der Waals surface area (Å²) in [6.45, 7) is -0.517. The highest BCUT2D eigenvalue weighted by molar-refractivity contribution is 7.98. The Morgan fingerprint density at radius 3 is 2.54 bits per heavy atom. The monoisotopic (exact) mass is 345 g/mol. The molecule has 1 aromatic heterocycles. The first kappa shape index (κ1) is 17.5. The Morgan fingerprint density at radius 2 is 1.83 bits per heavy atom. The maximum Gasteiger partial charge on any atom is 0.341 e. The van der Waals surface area contributed by atoms with Gasteiger partial charge in [0.05, 0.1) is 5.56 Å². The van der Waals surface area contributed by atoms with Gasteiger partial charge in [-0.15, -0.1) is 11.8 Å². The lowest BCUT2D eigenvalue weighted by Gasteiger charge is -2.09. The van der Waals surface area contributed by atoms with Crippen molar-refractivity contribution in [2.24, 2.45) is 0 Å². The van der Waals surface area contributed by atoms with Crippen molar-refractivity contribution in [3.05, 3.63) is 59.8 Å². The molecular formula is C16H15N3O4S. The summed E-state index contributed by atoms with van der Waals surface area (Å²) in [5.74, 6) is -1.77. The first-order valence-corrected chi connectivity index (χ1v) is 8.14. The van der Waals surface area contributed by atoms with Crippen molar-refractivity contribution in [3.8, 4) is 0 Å². The zero-order valence-corrected chi connectivity index (χ0v) is 13.6. The molecule has 0 radical (unpaired) electrons. The van der Waals surface area contributed by atoms with Crippen molar-refractivity contribution >= 4 is 29.5 Å². The molecule has 8 heteroatoms. The summed E-state index contributed by atoms with van der Waals surface area (Å²) in [5, 5.41) is 0.514. The molecule has 0 unspecified atom stereocenters. The molecule has 0 atom stereocenters. The Kier molecular flexibility index (Phi) is 6.32. The second-order valence-corrected chi connectivity index (χ2v) is 5.30. The van der Waals surface area contributed by atoms with Gasteiger partial charge in [0.25, 0.3) is 11.8 Å². The summed E-state index contributed by atoms with van der Waals surface area (Å²) in [6, 6.07) is 11.6. The van der Waals surface area contributed by atoms with Crippen LogP contribution in [0.4, 0.5) is 0 Å². The number of nitrogens with one attached hydrogen (secondary N) is 2. The fourth-order valence-corrected chi connectivity index (χ4v) is 2.28. The van der Waals surface area contributed by atoms with Crippen LogP contribution in [0, 0.1) is 0 Å². The van der Waals surface area contributed by atoms with E-state index in [1.807, 2.05) is 0 Å². The van der Waals surface area contributed by atoms with Gasteiger partial charge in [-0.1, -0.05) is 18.2 Å². The van der Waals surface area contributed by atoms with Crippen molar-refractivity contribution in [1.29, 1.82) is 0 Å². The minimum Gasteiger partial charge on any atom is -0.452 e. The van der Waals surface area contributed by atoms with Crippen LogP contribution in [-0.4, -0.2) is 35.6 Å². The zero-order chi connectivity index (χ0) is 17.4. The van der Waals surface area contributed by atoms with Crippen LogP contribution in [0.15, 0.2) is 53.7 Å². The number of carbonyl (C=O) groups excluding carboxylic acids is 3. The number of amides is 2. The molecule has 0 saturated carbocycles. The van der Waals surface area contributed by atoms with Gasteiger partial charge >= 0.3 is 5.97 Å². The van der Waals surface area contributed by atoms with Crippen LogP contribution >= 0.6 is 11.8 Å². The van der Waals surface area contributed by atoms with Crippen LogP contribution in [0.25, 0.3) is 0 Å². The van der Waals surface area contributed by atoms with E-state index >= 15 is 0 Å². The quantitative estimate of drug-likeness (QED) is 0.483. The number of rotatable bonds is 5. The second kappa shape index (κ2) is 8.68. The average Bonchev–Trinajstić information content (AvgIpc) is 2.64. The van der Waals surface area contributed by atoms with Crippen molar-refractivity contribution in [2.75, 3.05) is 12.9 Å². The van der Waals surface area contributed by atoms with Crippen molar-refractivity contribution in [1.82, 2.24) is 15.8 Å². The topological polar surface area (TPSA) is 97.4 Å². The Balaban J connectivity index is 1.81. The lowest BCUT2D eigenvalue weighted by Crippen LogP contribution is -2.43. The average molecular weight is 345 g/mol. The van der Waals surface area contributed by atoms with Gasteiger partial charge in [-0.2, -0.15) is 0 Å². The number of esters is 1. The molecule has 0 bridgehead atoms. The minimum absolute atomic E-state index is 0.283. The summed E-state index contributed by atoms with van der Waals surface area (Å²) in [6.07, 6.45) is 3.35. The molecule has 0 aliphatic rings. The highest BCUT2D eigenvalue weighted by Gasteiger charge is 2.15. The number of aromatic nitrogens is 1. The number of thioether (sulfide) groups is 1. The number of hydrazine groups is 1. The van der Waals surface area contributed by atoms with Gasteiger partial charge in [-0.05, 0) is 30.5 Å². The number of nitrogens with zero attached hydrogens (tertiary/aromatic N) is 1. The van der Waals surface area contributed by atoms with Crippen molar-refractivity contribution < 1.29 is 19.1 Å². The molecule has 124 valence electrons. The standard InChI is InChI=1S/C16H15N3O4S/c1-24-15-12(8-5-9-17-15)16(22)23-10-13(20)18-19-14(21)11-6-3-2-4-7-11/h2-9H,10H2,1H3,(H,18,20)(H,19,21). The summed E-state index contributed by atoms with van der Waals surface area (Å²) < 4.78 is 4.91. The number of benzene rings is 1. The lowest BCUT2D eigenvalue weighted by molar-refractivity contribution is -0.125. The molecule has 0 aliphatic heterocycles. The number of carbonyl (C=O) groups is 3. The molecule has 7 nitrogen and oxygen atoms in total. The zero-order valence-electron chi connectivity index (χ0n) is 12.8. The van der Waals surface area contributed by atoms with E-state index in [1.165, 1.54) is 11.8 Å². The number of ether oxygens (including phenoxy) is 1. The molecule has 2 amide bonds. The van der Waals surface area contributed by atoms with E-state index in [1.54, 1.807) is 54.9 Å². The smallest absolute Gasteiger partial charge is 0.341 e. The van der Waals surface area contributed by atoms with Gasteiger partial charge in [0.2, 0.25) is 0 Å². The maximum absolute atomic E-state index is 11.9. The van der Waals surface area contributed by atoms with Crippen molar-refractivity contribution in [2.45, 2.75) is 5.03 Å². The molecule has 0 spiro atoms. The SMILES string of the molecule is CSc1ncccc1C(=O)OCC(=O)NNC(=O)c1ccccc1. The second-order valence-electron chi connectivity index (χ2n) is 4.50. The Bertz CT molecular complexity index is 737. The molecular weight excluding hydrogens is 330 g/mol. The van der Waals surface area contributed by atoms with E-state index in [4.69, 9.17) is 4.74 Å². The third-order valence-corrected chi connectivity index (χ3v) is 3.58. The normalized spacial score (nSPS) is 9.88. The summed E-state index contributed by atoms with van der Waals surface area (Å²) >= 11 is 1.30. The molecule has 2 N–H and O–H groups in total. The highest BCUT2D eigenvalue weighted by Crippen LogP contribution is 2.17. The lowest BCUT2D eigenvalue weighted by atomic mass is 10.2. The van der Waals surface area contributed by atoms with Crippen molar-refractivity contribution in [3.63, 3.8) is 0 Å². The molecule has 1 aromatic carbocycles. The first-order valence-electron chi connectivity index (χ1n) is 6.92. The largest absolute Gasteiger partial charge is 0.452 e. The van der Waals surface area contributed by atoms with Crippen LogP contribution in [0.1, 0.15) is 20.7 Å². The van der Waals surface area contributed by atoms with E-state index in [-0.39, 0.29) is 5.56 Å². The predicted molar refractivity (Wildman–Crippen MR) is 88.4 cm³/mol. The third kappa shape index (κ3) is 4.82. The fraction of sp³-hybridized carbons (Fsp3) is 0.125. The molecule has 24 heavy (non-hydrogen) atoms. The van der Waals surface area contributed by atoms with Gasteiger partial charge in [-0.3, -0.25) is 20.4 Å². The number of hydrogen-bond acceptors (Lipinski definition) is 6. The fourth-order valence-electron chi connectivity index (χ4n) is 1.74. The highest BCUT2D eigenvalue weighted by atomic mass is 32.2. The molecule has 2 aromatic rings. The van der Waals surface area contributed by atoms with Gasteiger partial charge in [-0.25, -0.2) is 9.78 Å². The van der Waals surface area contributed by atoms with Gasteiger partial charge in [0.1, 0.15) is 5.03 Å². The Morgan fingerprint density at radius 1 is 1.08 bits per heavy atom. The Labute approximate surface area is 142 Å². The van der Waals surface area contributed by atoms with Gasteiger partial charge < -0.3 is 4.74 Å². The molecule has 1 heterocycles. The van der Waals surface area contributed by atoms with E-state index in [0.29, 0.717) is 10.6 Å². The first-order chi connectivity index (χ1) is 11.6. The summed E-state index contributed by atoms with van der Waals surface area (Å²) in [4.78, 5) is 39.4. The van der Waals surface area contributed by atoms with Gasteiger partial charge in [0, 0.05) is 11.8 Å². The van der Waals surface area contributed by atoms with E-state index in [2.05, 4.69) is 15.8 Å². The molecule has 0 saturated heterocycles. The predicted octanol–water partition coefficient (Wildman–Crippen LogP) is 1.42.